The molecule has 0 bridgehead atoms. The molecule has 2 aliphatic heterocycles. The summed E-state index contributed by atoms with van der Waals surface area (Å²) < 4.78 is 42.9. The maximum atomic E-state index is 14.1. The van der Waals surface area contributed by atoms with E-state index in [0.717, 1.165) is 24.3 Å². The van der Waals surface area contributed by atoms with Gasteiger partial charge in [0.05, 0.1) is 17.4 Å². The van der Waals surface area contributed by atoms with E-state index in [2.05, 4.69) is 20.9 Å². The zero-order chi connectivity index (χ0) is 25.7. The zero-order valence-corrected chi connectivity index (χ0v) is 19.4. The van der Waals surface area contributed by atoms with Crippen molar-refractivity contribution in [3.63, 3.8) is 0 Å². The molecular weight excluding hydrogens is 501 g/mol. The number of fused-ring (bicyclic) bond motifs is 2. The summed E-state index contributed by atoms with van der Waals surface area (Å²) in [5, 5.41) is 7.87. The number of nitrogens with zero attached hydrogens (tertiary/aromatic N) is 3. The van der Waals surface area contributed by atoms with E-state index in [1.54, 1.807) is 0 Å². The van der Waals surface area contributed by atoms with Crippen LogP contribution in [-0.2, 0) is 17.8 Å². The third-order valence-corrected chi connectivity index (χ3v) is 6.42. The fourth-order valence-corrected chi connectivity index (χ4v) is 4.66. The van der Waals surface area contributed by atoms with E-state index in [4.69, 9.17) is 11.6 Å². The third-order valence-electron chi connectivity index (χ3n) is 6.07. The van der Waals surface area contributed by atoms with Crippen molar-refractivity contribution in [2.75, 3.05) is 23.8 Å². The van der Waals surface area contributed by atoms with E-state index in [9.17, 15) is 27.6 Å². The summed E-state index contributed by atoms with van der Waals surface area (Å²) in [5.41, 5.74) is 1.04. The lowest BCUT2D eigenvalue weighted by Gasteiger charge is -2.28. The molecule has 0 saturated heterocycles. The van der Waals surface area contributed by atoms with Crippen LogP contribution >= 0.6 is 11.6 Å². The minimum absolute atomic E-state index is 0.0834. The van der Waals surface area contributed by atoms with Gasteiger partial charge in [-0.3, -0.25) is 19.8 Å². The lowest BCUT2D eigenvalue weighted by molar-refractivity contribution is -0.123. The molecule has 1 aromatic heterocycles. The number of amides is 4. The van der Waals surface area contributed by atoms with Gasteiger partial charge in [0.1, 0.15) is 12.4 Å². The van der Waals surface area contributed by atoms with Gasteiger partial charge >= 0.3 is 6.03 Å². The third kappa shape index (κ3) is 3.92. The van der Waals surface area contributed by atoms with Crippen LogP contribution in [0.15, 0.2) is 30.3 Å². The number of anilines is 2. The highest BCUT2D eigenvalue weighted by atomic mass is 35.5. The lowest BCUT2D eigenvalue weighted by atomic mass is 10.0. The van der Waals surface area contributed by atoms with Gasteiger partial charge in [0.15, 0.2) is 17.5 Å². The van der Waals surface area contributed by atoms with Crippen molar-refractivity contribution in [2.24, 2.45) is 0 Å². The van der Waals surface area contributed by atoms with Crippen LogP contribution in [0.1, 0.15) is 33.5 Å². The molecule has 0 unspecified atom stereocenters. The molecule has 0 spiro atoms. The summed E-state index contributed by atoms with van der Waals surface area (Å²) in [4.78, 5) is 43.7. The Hall–Kier alpha value is -4.06. The van der Waals surface area contributed by atoms with Gasteiger partial charge in [-0.2, -0.15) is 0 Å². The number of carbonyl (C=O) groups excluding carboxylic acids is 3. The van der Waals surface area contributed by atoms with Crippen LogP contribution in [-0.4, -0.2) is 41.0 Å². The minimum Gasteiger partial charge on any atom is -0.352 e. The summed E-state index contributed by atoms with van der Waals surface area (Å²) in [5.74, 6) is -4.08. The number of rotatable bonds is 3. The second kappa shape index (κ2) is 8.86. The molecule has 0 radical (unpaired) electrons. The summed E-state index contributed by atoms with van der Waals surface area (Å²) in [6.45, 7) is -0.139. The Balaban J connectivity index is 1.59. The van der Waals surface area contributed by atoms with Gasteiger partial charge in [-0.1, -0.05) is 11.6 Å². The number of carbonyl (C=O) groups is 3. The molecule has 0 aliphatic carbocycles. The first kappa shape index (κ1) is 23.7. The van der Waals surface area contributed by atoms with Gasteiger partial charge in [-0.25, -0.2) is 22.9 Å². The minimum atomic E-state index is -1.10. The van der Waals surface area contributed by atoms with Gasteiger partial charge in [0, 0.05) is 30.2 Å². The number of imidazole rings is 1. The number of benzene rings is 2. The predicted molar refractivity (Wildman–Crippen MR) is 123 cm³/mol. The Morgan fingerprint density at radius 3 is 2.67 bits per heavy atom. The molecular formula is C23H18ClF3N6O3. The molecule has 9 nitrogen and oxygen atoms in total. The highest BCUT2D eigenvalue weighted by molar-refractivity contribution is 6.31. The van der Waals surface area contributed by atoms with Crippen molar-refractivity contribution in [3.8, 4) is 0 Å². The van der Waals surface area contributed by atoms with Gasteiger partial charge in [0.25, 0.3) is 5.91 Å². The highest BCUT2D eigenvalue weighted by Crippen LogP contribution is 2.37. The molecule has 4 amide bonds. The molecule has 3 heterocycles. The molecule has 1 atom stereocenters. The number of urea groups is 1. The standard InChI is InChI=1S/C23H18ClF3N6O3/c1-28-22(35)21-30-20(31-23(36)32-5-4-10-6-14(26)15(27)8-16(10)32)19-18(29-17(34)9-33(19)21)12-7-11(25)2-3-13(12)24/h2-3,6-8,18H,4-5,9H2,1H3,(H,28,35)(H,29,34)(H,31,36)/t18-/m1/s1. The summed E-state index contributed by atoms with van der Waals surface area (Å²) in [6.07, 6.45) is 0.308. The summed E-state index contributed by atoms with van der Waals surface area (Å²) in [6, 6.07) is 3.82. The van der Waals surface area contributed by atoms with E-state index < -0.39 is 41.3 Å². The second-order valence-corrected chi connectivity index (χ2v) is 8.63. The van der Waals surface area contributed by atoms with Crippen LogP contribution in [0.3, 0.4) is 0 Å². The molecule has 3 aromatic rings. The Kier molecular flexibility index (Phi) is 5.83. The topological polar surface area (TPSA) is 108 Å². The van der Waals surface area contributed by atoms with Crippen LogP contribution in [0, 0.1) is 17.5 Å². The average Bonchev–Trinajstić information content (AvgIpc) is 3.41. The molecule has 0 saturated carbocycles. The highest BCUT2D eigenvalue weighted by Gasteiger charge is 2.37. The molecule has 186 valence electrons. The monoisotopic (exact) mass is 518 g/mol. The predicted octanol–water partition coefficient (Wildman–Crippen LogP) is 3.13. The molecule has 5 rings (SSSR count). The maximum absolute atomic E-state index is 14.1. The first-order chi connectivity index (χ1) is 17.2. The average molecular weight is 519 g/mol. The fraction of sp³-hybridized carbons (Fsp3) is 0.217. The van der Waals surface area contributed by atoms with Crippen LogP contribution in [0.5, 0.6) is 0 Å². The number of hydrogen-bond donors (Lipinski definition) is 3. The van der Waals surface area contributed by atoms with Crippen molar-refractivity contribution in [1.29, 1.82) is 0 Å². The Labute approximate surface area is 207 Å². The van der Waals surface area contributed by atoms with Crippen molar-refractivity contribution in [2.45, 2.75) is 19.0 Å². The molecule has 13 heteroatoms. The summed E-state index contributed by atoms with van der Waals surface area (Å²) >= 11 is 6.30. The molecule has 2 aliphatic rings. The summed E-state index contributed by atoms with van der Waals surface area (Å²) in [7, 11) is 1.38. The number of hydrogen-bond acceptors (Lipinski definition) is 4. The van der Waals surface area contributed by atoms with Crippen LogP contribution in [0.4, 0.5) is 29.5 Å². The van der Waals surface area contributed by atoms with Gasteiger partial charge in [-0.15, -0.1) is 0 Å². The van der Waals surface area contributed by atoms with E-state index >= 15 is 0 Å². The van der Waals surface area contributed by atoms with E-state index in [1.807, 2.05) is 0 Å². The van der Waals surface area contributed by atoms with Crippen molar-refractivity contribution < 1.29 is 27.6 Å². The maximum Gasteiger partial charge on any atom is 0.327 e. The van der Waals surface area contributed by atoms with E-state index in [0.29, 0.717) is 12.0 Å². The van der Waals surface area contributed by atoms with E-state index in [1.165, 1.54) is 22.6 Å². The van der Waals surface area contributed by atoms with Crippen LogP contribution < -0.4 is 20.9 Å². The number of nitrogens with one attached hydrogen (secondary N) is 3. The second-order valence-electron chi connectivity index (χ2n) is 8.23. The number of aromatic nitrogens is 2. The van der Waals surface area contributed by atoms with Gasteiger partial charge < -0.3 is 15.2 Å². The molecule has 0 fully saturated rings. The van der Waals surface area contributed by atoms with Crippen molar-refractivity contribution >= 4 is 41.0 Å². The number of halogens is 4. The van der Waals surface area contributed by atoms with Gasteiger partial charge in [-0.05, 0) is 36.2 Å². The molecule has 2 aromatic carbocycles. The lowest BCUT2D eigenvalue weighted by Crippen LogP contribution is -2.41. The van der Waals surface area contributed by atoms with Crippen LogP contribution in [0.25, 0.3) is 0 Å². The Morgan fingerprint density at radius 1 is 1.17 bits per heavy atom. The smallest absolute Gasteiger partial charge is 0.327 e. The first-order valence-corrected chi connectivity index (χ1v) is 11.2. The fourth-order valence-electron chi connectivity index (χ4n) is 4.44. The molecule has 36 heavy (non-hydrogen) atoms. The SMILES string of the molecule is CNC(=O)c1nc(NC(=O)N2CCc3cc(F)c(F)cc32)c2n1CC(=O)N[C@@H]2c1cc(F)ccc1Cl. The quantitative estimate of drug-likeness (QED) is 0.495. The normalized spacial score (nSPS) is 16.3. The largest absolute Gasteiger partial charge is 0.352 e. The Bertz CT molecular complexity index is 1440. The van der Waals surface area contributed by atoms with E-state index in [-0.39, 0.29) is 46.7 Å². The van der Waals surface area contributed by atoms with Crippen molar-refractivity contribution in [3.05, 3.63) is 75.5 Å². The van der Waals surface area contributed by atoms with Crippen molar-refractivity contribution in [1.82, 2.24) is 20.2 Å². The zero-order valence-electron chi connectivity index (χ0n) is 18.7. The first-order valence-electron chi connectivity index (χ1n) is 10.8. The van der Waals surface area contributed by atoms with Crippen LogP contribution in [0.2, 0.25) is 5.02 Å². The van der Waals surface area contributed by atoms with Gasteiger partial charge in [0.2, 0.25) is 11.7 Å². The Morgan fingerprint density at radius 2 is 1.92 bits per heavy atom. The molecule has 3 N–H and O–H groups in total.